The molecule has 3 aromatic carbocycles. The van der Waals surface area contributed by atoms with Gasteiger partial charge in [0.15, 0.2) is 0 Å². The number of aromatic amines is 4. The van der Waals surface area contributed by atoms with Crippen LogP contribution in [0.25, 0.3) is 32.7 Å². The number of rotatable bonds is 26. The van der Waals surface area contributed by atoms with Gasteiger partial charge in [0.25, 0.3) is 0 Å². The molecule has 2 fully saturated rings. The zero-order chi connectivity index (χ0) is 61.2. The van der Waals surface area contributed by atoms with Crippen molar-refractivity contribution in [3.63, 3.8) is 0 Å². The molecule has 10 atom stereocenters. The molecule has 86 heavy (non-hydrogen) atoms. The average Bonchev–Trinajstić information content (AvgIpc) is 2.51. The Morgan fingerprint density at radius 2 is 1.06 bits per heavy atom. The highest BCUT2D eigenvalue weighted by atomic mass is 32.1. The van der Waals surface area contributed by atoms with Crippen LogP contribution in [0, 0.1) is 0 Å². The summed E-state index contributed by atoms with van der Waals surface area (Å²) in [5.41, 5.74) is 11.2. The highest BCUT2D eigenvalue weighted by Gasteiger charge is 2.45. The Morgan fingerprint density at radius 1 is 0.581 bits per heavy atom. The SMILES string of the molecule is C[C@@H](O)[C@H](NC(=O)[C@@H](N)Cc1c[nH]c2ccccc12)C(=O)N[C@@H](Cc1c[nH]c2ccccc12)C(=O)N[C@@H](Cc1cnc[nH]1)C(=O)N[C@@H](Cc1c[nH]c2ccccc12)C(=O)N1CCC[C@H]1C(=O)N1CCC[C@H]1C(=O)N[C@@H](CS)C(=O)N[C@@H](CS)C(=O)O. The third-order valence-electron chi connectivity index (χ3n) is 15.8. The molecule has 0 unspecified atom stereocenters. The first kappa shape index (κ1) is 61.9. The second-order valence-corrected chi connectivity index (χ2v) is 22.4. The van der Waals surface area contributed by atoms with E-state index in [0.717, 1.165) is 38.3 Å². The van der Waals surface area contributed by atoms with E-state index in [0.29, 0.717) is 29.7 Å². The summed E-state index contributed by atoms with van der Waals surface area (Å²) in [5, 5.41) is 38.8. The summed E-state index contributed by atoms with van der Waals surface area (Å²) in [6, 6.07) is 10.5. The Labute approximate surface area is 504 Å². The molecule has 2 saturated heterocycles. The van der Waals surface area contributed by atoms with E-state index in [4.69, 9.17) is 5.73 Å². The van der Waals surface area contributed by atoms with Gasteiger partial charge >= 0.3 is 5.97 Å². The number of fused-ring (bicyclic) bond motifs is 3. The van der Waals surface area contributed by atoms with E-state index in [9.17, 15) is 39.0 Å². The molecule has 9 rings (SSSR count). The van der Waals surface area contributed by atoms with Crippen LogP contribution in [0.15, 0.2) is 104 Å². The number of nitrogens with two attached hydrogens (primary N) is 1. The number of nitrogens with one attached hydrogen (secondary N) is 10. The standard InChI is InChI=1S/C59H70N14O11S2/c1-31(74)50(71-51(75)39(60)20-32-24-62-40-13-5-2-10-36(32)40)56(80)67-43(21-33-25-63-41-14-6-3-11-37(33)41)52(76)66-44(23-35-27-61-30-65-35)53(77)68-45(22-34-26-64-42-15-7-4-12-38(34)42)57(81)73-19-9-17-49(73)58(82)72-18-8-16-48(72)55(79)69-46(28-85)54(78)70-47(29-86)59(83)84/h2-7,10-15,24-27,30-31,39,43-50,62-64,74,85-86H,8-9,16-23,28-29,60H2,1H3,(H,61,65)(H,66,76)(H,67,80)(H,68,77)(H,69,79)(H,70,78)(H,71,75)(H,83,84)/t31-,39+,43+,44+,45+,46+,47+,48+,49+,50+/m1/s1. The number of aliphatic hydroxyl groups excluding tert-OH is 1. The molecule has 7 aromatic rings. The summed E-state index contributed by atoms with van der Waals surface area (Å²) in [7, 11) is 0. The molecule has 14 N–H and O–H groups in total. The number of aromatic nitrogens is 5. The van der Waals surface area contributed by atoms with Crippen LogP contribution < -0.4 is 37.6 Å². The molecule has 6 heterocycles. The number of aliphatic hydroxyl groups is 1. The average molecular weight is 1220 g/mol. The summed E-state index contributed by atoms with van der Waals surface area (Å²) < 4.78 is 0. The smallest absolute Gasteiger partial charge is 0.327 e. The molecule has 27 heteroatoms. The molecule has 0 spiro atoms. The topological polar surface area (TPSA) is 375 Å². The lowest BCUT2D eigenvalue weighted by atomic mass is 10.0. The fourth-order valence-electron chi connectivity index (χ4n) is 11.3. The summed E-state index contributed by atoms with van der Waals surface area (Å²) in [5.74, 6) is -7.62. The molecular weight excluding hydrogens is 1140 g/mol. The number of thiol groups is 2. The van der Waals surface area contributed by atoms with Crippen LogP contribution in [0.2, 0.25) is 0 Å². The number of likely N-dealkylation sites (tertiary alicyclic amines) is 2. The fourth-order valence-corrected chi connectivity index (χ4v) is 11.8. The molecule has 0 saturated carbocycles. The van der Waals surface area contributed by atoms with Crippen LogP contribution in [0.3, 0.4) is 0 Å². The monoisotopic (exact) mass is 1210 g/mol. The number of carboxylic acids is 1. The number of carbonyl (C=O) groups is 9. The minimum Gasteiger partial charge on any atom is -0.480 e. The summed E-state index contributed by atoms with van der Waals surface area (Å²) >= 11 is 8.21. The van der Waals surface area contributed by atoms with Crippen molar-refractivity contribution in [2.24, 2.45) is 5.73 Å². The van der Waals surface area contributed by atoms with E-state index in [1.807, 2.05) is 72.8 Å². The predicted octanol–water partition coefficient (Wildman–Crippen LogP) is 0.667. The number of aliphatic carboxylic acids is 1. The molecule has 8 amide bonds. The van der Waals surface area contributed by atoms with Gasteiger partial charge in [0.1, 0.15) is 48.3 Å². The van der Waals surface area contributed by atoms with Crippen molar-refractivity contribution in [2.45, 2.75) is 119 Å². The van der Waals surface area contributed by atoms with E-state index in [1.165, 1.54) is 29.2 Å². The lowest BCUT2D eigenvalue weighted by Gasteiger charge is -2.33. The van der Waals surface area contributed by atoms with Gasteiger partial charge in [-0.3, -0.25) is 38.4 Å². The third kappa shape index (κ3) is 14.3. The number of amides is 8. The van der Waals surface area contributed by atoms with Gasteiger partial charge in [-0.1, -0.05) is 54.6 Å². The van der Waals surface area contributed by atoms with E-state index in [2.05, 4.69) is 82.1 Å². The lowest BCUT2D eigenvalue weighted by molar-refractivity contribution is -0.148. The first-order chi connectivity index (χ1) is 41.4. The number of H-pyrrole nitrogens is 4. The predicted molar refractivity (Wildman–Crippen MR) is 324 cm³/mol. The van der Waals surface area contributed by atoms with Crippen molar-refractivity contribution >= 4 is 111 Å². The molecular formula is C59H70N14O11S2. The maximum atomic E-state index is 15.3. The van der Waals surface area contributed by atoms with Crippen molar-refractivity contribution in [3.8, 4) is 0 Å². The summed E-state index contributed by atoms with van der Waals surface area (Å²) in [4.78, 5) is 146. The maximum absolute atomic E-state index is 15.3. The second kappa shape index (κ2) is 28.0. The van der Waals surface area contributed by atoms with Crippen LogP contribution in [0.4, 0.5) is 0 Å². The highest BCUT2D eigenvalue weighted by molar-refractivity contribution is 7.80. The van der Waals surface area contributed by atoms with Gasteiger partial charge in [-0.25, -0.2) is 9.78 Å². The van der Waals surface area contributed by atoms with Gasteiger partial charge in [0, 0.05) is 107 Å². The Bertz CT molecular complexity index is 3600. The molecule has 2 aliphatic heterocycles. The zero-order valence-electron chi connectivity index (χ0n) is 47.0. The Hall–Kier alpha value is -8.66. The van der Waals surface area contributed by atoms with Crippen molar-refractivity contribution < 1.29 is 53.4 Å². The van der Waals surface area contributed by atoms with E-state index >= 15 is 14.4 Å². The van der Waals surface area contributed by atoms with Crippen molar-refractivity contribution in [2.75, 3.05) is 24.6 Å². The van der Waals surface area contributed by atoms with Crippen molar-refractivity contribution in [3.05, 3.63) is 126 Å². The van der Waals surface area contributed by atoms with Gasteiger partial charge in [0.2, 0.25) is 47.3 Å². The number of hydrogen-bond donors (Lipinski definition) is 15. The maximum Gasteiger partial charge on any atom is 0.327 e. The van der Waals surface area contributed by atoms with Crippen LogP contribution in [0.1, 0.15) is 55.0 Å². The summed E-state index contributed by atoms with van der Waals surface area (Å²) in [6.07, 6.45) is 7.52. The minimum atomic E-state index is -1.59. The number of nitrogens with zero attached hydrogens (tertiary/aromatic N) is 3. The van der Waals surface area contributed by atoms with Crippen LogP contribution in [-0.4, -0.2) is 183 Å². The first-order valence-electron chi connectivity index (χ1n) is 28.4. The second-order valence-electron chi connectivity index (χ2n) is 21.7. The molecule has 454 valence electrons. The molecule has 25 nitrogen and oxygen atoms in total. The Kier molecular flexibility index (Phi) is 20.2. The van der Waals surface area contributed by atoms with Gasteiger partial charge < -0.3 is 77.6 Å². The molecule has 0 aliphatic carbocycles. The van der Waals surface area contributed by atoms with E-state index in [-0.39, 0.29) is 63.1 Å². The number of para-hydroxylation sites is 3. The van der Waals surface area contributed by atoms with Crippen LogP contribution in [0.5, 0.6) is 0 Å². The lowest BCUT2D eigenvalue weighted by Crippen LogP contribution is -2.62. The Balaban J connectivity index is 0.958. The van der Waals surface area contributed by atoms with Crippen molar-refractivity contribution in [1.82, 2.24) is 66.6 Å². The fraction of sp³-hybridized carbons (Fsp3) is 0.390. The normalized spacial score (nSPS) is 17.9. The van der Waals surface area contributed by atoms with Gasteiger partial charge in [-0.2, -0.15) is 25.3 Å². The third-order valence-corrected chi connectivity index (χ3v) is 16.6. The minimum absolute atomic E-state index is 0.0776. The zero-order valence-corrected chi connectivity index (χ0v) is 48.7. The Morgan fingerprint density at radius 3 is 1.59 bits per heavy atom. The number of hydrogen-bond acceptors (Lipinski definition) is 14. The number of carbonyl (C=O) groups excluding carboxylic acids is 8. The van der Waals surface area contributed by atoms with Crippen molar-refractivity contribution in [1.29, 1.82) is 0 Å². The number of imidazole rings is 1. The molecule has 2 aliphatic rings. The molecule has 0 radical (unpaired) electrons. The summed E-state index contributed by atoms with van der Waals surface area (Å²) in [6.45, 7) is 1.59. The number of benzene rings is 3. The highest BCUT2D eigenvalue weighted by Crippen LogP contribution is 2.28. The number of carboxylic acid groups (broad SMARTS) is 1. The largest absolute Gasteiger partial charge is 0.480 e. The van der Waals surface area contributed by atoms with Gasteiger partial charge in [0.05, 0.1) is 18.5 Å². The van der Waals surface area contributed by atoms with E-state index < -0.39 is 114 Å². The quantitative estimate of drug-likeness (QED) is 0.0332. The molecule has 4 aromatic heterocycles. The van der Waals surface area contributed by atoms with Crippen LogP contribution >= 0.6 is 25.3 Å². The molecule has 0 bridgehead atoms. The van der Waals surface area contributed by atoms with E-state index in [1.54, 1.807) is 18.6 Å². The van der Waals surface area contributed by atoms with Gasteiger partial charge in [-0.05, 0) is 73.9 Å². The van der Waals surface area contributed by atoms with Crippen LogP contribution in [-0.2, 0) is 68.8 Å². The first-order valence-corrected chi connectivity index (χ1v) is 29.6. The van der Waals surface area contributed by atoms with Gasteiger partial charge in [-0.15, -0.1) is 0 Å².